The van der Waals surface area contributed by atoms with E-state index < -0.39 is 0 Å². The number of hydrogen-bond donors (Lipinski definition) is 0. The van der Waals surface area contributed by atoms with E-state index in [1.54, 1.807) is 0 Å². The summed E-state index contributed by atoms with van der Waals surface area (Å²) >= 11 is 0. The number of fused-ring (bicyclic) bond motifs is 7. The van der Waals surface area contributed by atoms with Crippen molar-refractivity contribution in [1.82, 2.24) is 0 Å². The largest absolute Gasteiger partial charge is 0.455 e. The Balaban J connectivity index is 1.13. The molecule has 0 spiro atoms. The fourth-order valence-corrected chi connectivity index (χ4v) is 9.59. The van der Waals surface area contributed by atoms with Crippen molar-refractivity contribution in [3.63, 3.8) is 0 Å². The molecule has 1 aromatic heterocycles. The molecular formula is C56H40O. The van der Waals surface area contributed by atoms with E-state index in [0.29, 0.717) is 0 Å². The van der Waals surface area contributed by atoms with E-state index in [1.165, 1.54) is 77.5 Å². The standard InChI is InChI=1S/C56H40O/c1-56(2)49-22-12-11-20-45(49)46-33-32-43(35-50(46)56)53-44-19-10-9-18-42(44)34-48-54-47(21-13-23-51(54)57-55(48)53)52(40-28-24-38(25-29-40)36-14-5-3-6-15-36)41-30-26-39(27-31-41)37-16-7-4-8-17-37/h3-35,52H,1-2H3. The molecule has 10 aromatic rings. The lowest BCUT2D eigenvalue weighted by molar-refractivity contribution is 0.660. The summed E-state index contributed by atoms with van der Waals surface area (Å²) in [5.74, 6) is -0.0293. The zero-order chi connectivity index (χ0) is 38.1. The van der Waals surface area contributed by atoms with Crippen molar-refractivity contribution in [1.29, 1.82) is 0 Å². The number of benzene rings is 9. The van der Waals surface area contributed by atoms with Crippen LogP contribution in [0.5, 0.6) is 0 Å². The lowest BCUT2D eigenvalue weighted by atomic mass is 9.81. The van der Waals surface area contributed by atoms with E-state index in [9.17, 15) is 0 Å². The van der Waals surface area contributed by atoms with Crippen molar-refractivity contribution < 1.29 is 4.42 Å². The molecule has 9 aromatic carbocycles. The van der Waals surface area contributed by atoms with Gasteiger partial charge in [0, 0.05) is 27.7 Å². The molecule has 57 heavy (non-hydrogen) atoms. The summed E-state index contributed by atoms with van der Waals surface area (Å²) in [4.78, 5) is 0. The third-order valence-corrected chi connectivity index (χ3v) is 12.4. The van der Waals surface area contributed by atoms with Gasteiger partial charge in [-0.1, -0.05) is 196 Å². The highest BCUT2D eigenvalue weighted by molar-refractivity contribution is 6.19. The lowest BCUT2D eigenvalue weighted by Crippen LogP contribution is -2.14. The molecule has 270 valence electrons. The van der Waals surface area contributed by atoms with Gasteiger partial charge in [0.2, 0.25) is 0 Å². The normalized spacial score (nSPS) is 13.0. The first kappa shape index (κ1) is 33.4. The fourth-order valence-electron chi connectivity index (χ4n) is 9.59. The highest BCUT2D eigenvalue weighted by atomic mass is 16.3. The zero-order valence-electron chi connectivity index (χ0n) is 32.0. The van der Waals surface area contributed by atoms with E-state index in [4.69, 9.17) is 4.42 Å². The molecule has 0 radical (unpaired) electrons. The topological polar surface area (TPSA) is 13.1 Å². The van der Waals surface area contributed by atoms with Gasteiger partial charge in [-0.05, 0) is 95.7 Å². The second kappa shape index (κ2) is 13.1. The second-order valence-electron chi connectivity index (χ2n) is 16.0. The Bertz CT molecular complexity index is 3030. The lowest BCUT2D eigenvalue weighted by Gasteiger charge is -2.22. The van der Waals surface area contributed by atoms with Crippen LogP contribution in [-0.2, 0) is 5.41 Å². The van der Waals surface area contributed by atoms with Crippen molar-refractivity contribution in [2.24, 2.45) is 0 Å². The van der Waals surface area contributed by atoms with Crippen LogP contribution in [0.1, 0.15) is 47.6 Å². The molecule has 0 N–H and O–H groups in total. The molecule has 0 saturated heterocycles. The minimum Gasteiger partial charge on any atom is -0.455 e. The van der Waals surface area contributed by atoms with Gasteiger partial charge in [0.05, 0.1) is 0 Å². The molecule has 11 rings (SSSR count). The minimum absolute atomic E-state index is 0.0293. The molecule has 0 atom stereocenters. The monoisotopic (exact) mass is 728 g/mol. The summed E-state index contributed by atoms with van der Waals surface area (Å²) in [6, 6.07) is 73.2. The van der Waals surface area contributed by atoms with Crippen molar-refractivity contribution in [2.75, 3.05) is 0 Å². The first-order valence-corrected chi connectivity index (χ1v) is 20.0. The molecule has 1 heteroatoms. The predicted molar refractivity (Wildman–Crippen MR) is 239 cm³/mol. The first-order valence-electron chi connectivity index (χ1n) is 20.0. The zero-order valence-corrected chi connectivity index (χ0v) is 32.0. The van der Waals surface area contributed by atoms with Crippen LogP contribution in [0.15, 0.2) is 205 Å². The van der Waals surface area contributed by atoms with Crippen molar-refractivity contribution >= 4 is 32.7 Å². The third-order valence-electron chi connectivity index (χ3n) is 12.4. The summed E-state index contributed by atoms with van der Waals surface area (Å²) < 4.78 is 7.10. The molecule has 1 nitrogen and oxygen atoms in total. The van der Waals surface area contributed by atoms with E-state index in [0.717, 1.165) is 27.5 Å². The smallest absolute Gasteiger partial charge is 0.143 e. The summed E-state index contributed by atoms with van der Waals surface area (Å²) in [7, 11) is 0. The minimum atomic E-state index is -0.105. The van der Waals surface area contributed by atoms with Crippen LogP contribution in [0, 0.1) is 0 Å². The molecule has 1 heterocycles. The average molecular weight is 729 g/mol. The van der Waals surface area contributed by atoms with Gasteiger partial charge in [-0.15, -0.1) is 0 Å². The van der Waals surface area contributed by atoms with Crippen LogP contribution in [0.4, 0.5) is 0 Å². The summed E-state index contributed by atoms with van der Waals surface area (Å²) in [6.07, 6.45) is 0. The van der Waals surface area contributed by atoms with E-state index >= 15 is 0 Å². The number of hydrogen-bond acceptors (Lipinski definition) is 1. The maximum absolute atomic E-state index is 7.10. The van der Waals surface area contributed by atoms with E-state index in [1.807, 2.05) is 0 Å². The summed E-state index contributed by atoms with van der Waals surface area (Å²) in [5, 5.41) is 4.71. The molecular weight excluding hydrogens is 689 g/mol. The van der Waals surface area contributed by atoms with Gasteiger partial charge in [0.15, 0.2) is 0 Å². The van der Waals surface area contributed by atoms with Gasteiger partial charge in [-0.2, -0.15) is 0 Å². The summed E-state index contributed by atoms with van der Waals surface area (Å²) in [6.45, 7) is 4.71. The van der Waals surface area contributed by atoms with Crippen LogP contribution < -0.4 is 0 Å². The molecule has 0 fully saturated rings. The highest BCUT2D eigenvalue weighted by Gasteiger charge is 2.35. The number of furan rings is 1. The molecule has 0 saturated carbocycles. The Morgan fingerprint density at radius 3 is 1.67 bits per heavy atom. The average Bonchev–Trinajstić information content (AvgIpc) is 3.75. The molecule has 0 bridgehead atoms. The first-order chi connectivity index (χ1) is 28.0. The van der Waals surface area contributed by atoms with Crippen LogP contribution in [0.2, 0.25) is 0 Å². The van der Waals surface area contributed by atoms with Crippen LogP contribution in [0.25, 0.3) is 77.2 Å². The Kier molecular flexibility index (Phi) is 7.66. The van der Waals surface area contributed by atoms with E-state index in [2.05, 4.69) is 214 Å². The van der Waals surface area contributed by atoms with Crippen molar-refractivity contribution in [2.45, 2.75) is 25.2 Å². The molecule has 0 amide bonds. The third kappa shape index (κ3) is 5.38. The Hall–Kier alpha value is -6.96. The van der Waals surface area contributed by atoms with Gasteiger partial charge in [-0.25, -0.2) is 0 Å². The predicted octanol–water partition coefficient (Wildman–Crippen LogP) is 15.2. The summed E-state index contributed by atoms with van der Waals surface area (Å²) in [5.41, 5.74) is 18.0. The Labute approximate surface area is 333 Å². The van der Waals surface area contributed by atoms with Gasteiger partial charge in [0.1, 0.15) is 11.2 Å². The maximum atomic E-state index is 7.10. The SMILES string of the molecule is CC1(C)c2ccccc2-c2ccc(-c3c4ccccc4cc4c3oc3cccc(C(c5ccc(-c6ccccc6)cc5)c5ccc(-c6ccccc6)cc5)c34)cc21. The van der Waals surface area contributed by atoms with Gasteiger partial charge < -0.3 is 4.42 Å². The molecule has 1 aliphatic carbocycles. The quantitative estimate of drug-likeness (QED) is 0.155. The van der Waals surface area contributed by atoms with Crippen LogP contribution >= 0.6 is 0 Å². The van der Waals surface area contributed by atoms with Crippen molar-refractivity contribution in [3.8, 4) is 44.5 Å². The van der Waals surface area contributed by atoms with Crippen LogP contribution in [0.3, 0.4) is 0 Å². The van der Waals surface area contributed by atoms with Gasteiger partial charge >= 0.3 is 0 Å². The fraction of sp³-hybridized carbons (Fsp3) is 0.0714. The van der Waals surface area contributed by atoms with Gasteiger partial charge in [0.25, 0.3) is 0 Å². The second-order valence-corrected chi connectivity index (χ2v) is 16.0. The molecule has 1 aliphatic rings. The Morgan fingerprint density at radius 1 is 0.421 bits per heavy atom. The van der Waals surface area contributed by atoms with Crippen LogP contribution in [-0.4, -0.2) is 0 Å². The van der Waals surface area contributed by atoms with Gasteiger partial charge in [-0.3, -0.25) is 0 Å². The molecule has 0 aliphatic heterocycles. The maximum Gasteiger partial charge on any atom is 0.143 e. The number of rotatable bonds is 6. The highest BCUT2D eigenvalue weighted by Crippen LogP contribution is 2.51. The molecule has 0 unspecified atom stereocenters. The van der Waals surface area contributed by atoms with E-state index in [-0.39, 0.29) is 11.3 Å². The Morgan fingerprint density at radius 2 is 0.982 bits per heavy atom. The van der Waals surface area contributed by atoms with Crippen molar-refractivity contribution in [3.05, 3.63) is 228 Å².